The number of carbonyl (C=O) groups is 3. The summed E-state index contributed by atoms with van der Waals surface area (Å²) >= 11 is 0. The number of methoxy groups -OCH3 is 2. The molecule has 0 aliphatic carbocycles. The van der Waals surface area contributed by atoms with E-state index >= 15 is 0 Å². The molecule has 3 aromatic rings. The fourth-order valence-corrected chi connectivity index (χ4v) is 5.01. The molecule has 2 aliphatic rings. The molecule has 1 aromatic heterocycles. The molecule has 3 amide bonds. The molecule has 5 rings (SSSR count). The second-order valence-corrected chi connectivity index (χ2v) is 9.07. The summed E-state index contributed by atoms with van der Waals surface area (Å²) in [5.74, 6) is 1.04. The van der Waals surface area contributed by atoms with E-state index in [9.17, 15) is 14.4 Å². The zero-order valence-electron chi connectivity index (χ0n) is 20.9. The third-order valence-corrected chi connectivity index (χ3v) is 7.04. The van der Waals surface area contributed by atoms with Crippen molar-refractivity contribution in [1.82, 2.24) is 14.7 Å². The van der Waals surface area contributed by atoms with Gasteiger partial charge in [-0.25, -0.2) is 0 Å². The van der Waals surface area contributed by atoms with Crippen LogP contribution in [0.25, 0.3) is 0 Å². The molecular weight excluding hydrogens is 474 g/mol. The Hall–Kier alpha value is -4.27. The molecule has 3 heterocycles. The summed E-state index contributed by atoms with van der Waals surface area (Å²) in [6.45, 7) is 2.09. The van der Waals surface area contributed by atoms with Crippen molar-refractivity contribution in [3.63, 3.8) is 0 Å². The molecule has 0 bridgehead atoms. The van der Waals surface area contributed by atoms with Crippen molar-refractivity contribution >= 4 is 17.7 Å². The van der Waals surface area contributed by atoms with E-state index in [0.717, 1.165) is 11.1 Å². The number of hydrogen-bond donors (Lipinski definition) is 0. The normalized spacial score (nSPS) is 15.9. The van der Waals surface area contributed by atoms with Gasteiger partial charge in [-0.05, 0) is 41.5 Å². The number of piperazine rings is 1. The average molecular weight is 504 g/mol. The highest BCUT2D eigenvalue weighted by atomic mass is 16.5. The Balaban J connectivity index is 1.35. The number of nitrogens with zero attached hydrogens (tertiary/aromatic N) is 3. The van der Waals surface area contributed by atoms with Crippen LogP contribution in [0.5, 0.6) is 11.5 Å². The van der Waals surface area contributed by atoms with Gasteiger partial charge in [0.2, 0.25) is 5.91 Å². The molecule has 0 spiro atoms. The summed E-state index contributed by atoms with van der Waals surface area (Å²) in [7, 11) is 3.12. The van der Waals surface area contributed by atoms with Gasteiger partial charge in [-0.15, -0.1) is 0 Å². The molecule has 2 aliphatic heterocycles. The first-order chi connectivity index (χ1) is 18.0. The minimum absolute atomic E-state index is 0.0753. The van der Waals surface area contributed by atoms with Crippen LogP contribution in [0, 0.1) is 0 Å². The monoisotopic (exact) mass is 503 g/mol. The molecule has 0 N–H and O–H groups in total. The Morgan fingerprint density at radius 2 is 1.65 bits per heavy atom. The molecule has 1 fully saturated rings. The van der Waals surface area contributed by atoms with Gasteiger partial charge >= 0.3 is 0 Å². The van der Waals surface area contributed by atoms with Crippen LogP contribution in [0.15, 0.2) is 65.3 Å². The Morgan fingerprint density at radius 1 is 0.919 bits per heavy atom. The summed E-state index contributed by atoms with van der Waals surface area (Å²) in [4.78, 5) is 44.7. The second kappa shape index (κ2) is 10.4. The summed E-state index contributed by atoms with van der Waals surface area (Å²) in [5, 5.41) is 0. The number of fused-ring (bicyclic) bond motifs is 1. The average Bonchev–Trinajstić information content (AvgIpc) is 3.60. The lowest BCUT2D eigenvalue weighted by Crippen LogP contribution is -2.51. The molecule has 1 saturated heterocycles. The minimum Gasteiger partial charge on any atom is -0.493 e. The number of hydrogen-bond acceptors (Lipinski definition) is 6. The molecule has 9 heteroatoms. The van der Waals surface area contributed by atoms with Gasteiger partial charge in [-0.3, -0.25) is 14.4 Å². The highest BCUT2D eigenvalue weighted by Gasteiger charge is 2.36. The van der Waals surface area contributed by atoms with Gasteiger partial charge in [0.05, 0.1) is 32.9 Å². The van der Waals surface area contributed by atoms with E-state index in [1.165, 1.54) is 6.26 Å². The minimum atomic E-state index is -0.491. The quantitative estimate of drug-likeness (QED) is 0.491. The lowest BCUT2D eigenvalue weighted by atomic mass is 10.00. The van der Waals surface area contributed by atoms with E-state index in [1.54, 1.807) is 47.1 Å². The van der Waals surface area contributed by atoms with E-state index in [-0.39, 0.29) is 24.1 Å². The number of amides is 3. The van der Waals surface area contributed by atoms with Crippen molar-refractivity contribution in [3.05, 3.63) is 83.3 Å². The molecular formula is C28H29N3O6. The summed E-state index contributed by atoms with van der Waals surface area (Å²) < 4.78 is 16.1. The van der Waals surface area contributed by atoms with Gasteiger partial charge in [0, 0.05) is 38.3 Å². The van der Waals surface area contributed by atoms with Crippen molar-refractivity contribution < 1.29 is 28.3 Å². The number of furan rings is 1. The Morgan fingerprint density at radius 3 is 2.32 bits per heavy atom. The summed E-state index contributed by atoms with van der Waals surface area (Å²) in [5.41, 5.74) is 2.39. The third-order valence-electron chi connectivity index (χ3n) is 7.04. The van der Waals surface area contributed by atoms with Gasteiger partial charge in [-0.2, -0.15) is 0 Å². The predicted octanol–water partition coefficient (Wildman–Crippen LogP) is 3.37. The van der Waals surface area contributed by atoms with Crippen molar-refractivity contribution in [3.8, 4) is 11.5 Å². The van der Waals surface area contributed by atoms with E-state index in [2.05, 4.69) is 0 Å². The molecule has 1 atom stereocenters. The number of ether oxygens (including phenoxy) is 2. The predicted molar refractivity (Wildman–Crippen MR) is 134 cm³/mol. The summed E-state index contributed by atoms with van der Waals surface area (Å²) in [6, 6.07) is 15.8. The van der Waals surface area contributed by atoms with Crippen molar-refractivity contribution in [1.29, 1.82) is 0 Å². The fraction of sp³-hybridized carbons (Fsp3) is 0.321. The van der Waals surface area contributed by atoms with Crippen LogP contribution < -0.4 is 9.47 Å². The lowest BCUT2D eigenvalue weighted by Gasteiger charge is -2.36. The number of benzene rings is 2. The van der Waals surface area contributed by atoms with Crippen LogP contribution in [0.4, 0.5) is 0 Å². The van der Waals surface area contributed by atoms with Crippen LogP contribution in [0.1, 0.15) is 44.5 Å². The largest absolute Gasteiger partial charge is 0.493 e. The number of rotatable bonds is 7. The molecule has 192 valence electrons. The van der Waals surface area contributed by atoms with Gasteiger partial charge in [0.15, 0.2) is 17.3 Å². The van der Waals surface area contributed by atoms with Crippen LogP contribution in [0.3, 0.4) is 0 Å². The zero-order chi connectivity index (χ0) is 25.9. The van der Waals surface area contributed by atoms with E-state index in [1.807, 2.05) is 36.4 Å². The fourth-order valence-electron chi connectivity index (χ4n) is 5.01. The molecule has 0 unspecified atom stereocenters. The van der Waals surface area contributed by atoms with E-state index in [4.69, 9.17) is 13.9 Å². The first-order valence-corrected chi connectivity index (χ1v) is 12.2. The van der Waals surface area contributed by atoms with E-state index < -0.39 is 6.04 Å². The Kier molecular flexibility index (Phi) is 6.85. The van der Waals surface area contributed by atoms with Crippen LogP contribution in [-0.2, 0) is 11.3 Å². The Labute approximate surface area is 215 Å². The van der Waals surface area contributed by atoms with Crippen molar-refractivity contribution in [2.75, 3.05) is 40.4 Å². The smallest absolute Gasteiger partial charge is 0.289 e. The second-order valence-electron chi connectivity index (χ2n) is 9.07. The first kappa shape index (κ1) is 24.4. The van der Waals surface area contributed by atoms with Gasteiger partial charge in [0.1, 0.15) is 0 Å². The maximum absolute atomic E-state index is 13.5. The van der Waals surface area contributed by atoms with Crippen LogP contribution >= 0.6 is 0 Å². The molecule has 9 nitrogen and oxygen atoms in total. The zero-order valence-corrected chi connectivity index (χ0v) is 20.9. The highest BCUT2D eigenvalue weighted by molar-refractivity contribution is 5.99. The lowest BCUT2D eigenvalue weighted by molar-refractivity contribution is -0.133. The molecule has 2 aromatic carbocycles. The Bertz CT molecular complexity index is 1300. The van der Waals surface area contributed by atoms with Gasteiger partial charge in [-0.1, -0.05) is 24.3 Å². The van der Waals surface area contributed by atoms with E-state index in [0.29, 0.717) is 55.5 Å². The van der Waals surface area contributed by atoms with Crippen molar-refractivity contribution in [2.24, 2.45) is 0 Å². The summed E-state index contributed by atoms with van der Waals surface area (Å²) in [6.07, 6.45) is 1.58. The standard InChI is InChI=1S/C28H29N3O6/c1-35-23-10-9-19(16-25(23)36-2)22(31-18-20-6-3-4-7-21(20)27(31)33)17-26(32)29-11-13-30(14-12-29)28(34)24-8-5-15-37-24/h3-10,15-16,22H,11-14,17-18H2,1-2H3/t22-/m0/s1. The first-order valence-electron chi connectivity index (χ1n) is 12.2. The topological polar surface area (TPSA) is 92.5 Å². The van der Waals surface area contributed by atoms with Crippen LogP contribution in [0.2, 0.25) is 0 Å². The number of carbonyl (C=O) groups excluding carboxylic acids is 3. The molecule has 0 saturated carbocycles. The molecule has 37 heavy (non-hydrogen) atoms. The SMILES string of the molecule is COc1ccc([C@H](CC(=O)N2CCN(C(=O)c3ccco3)CC2)N2Cc3ccccc3C2=O)cc1OC. The van der Waals surface area contributed by atoms with Gasteiger partial charge in [0.25, 0.3) is 11.8 Å². The maximum Gasteiger partial charge on any atom is 0.289 e. The van der Waals surface area contributed by atoms with Crippen molar-refractivity contribution in [2.45, 2.75) is 19.0 Å². The van der Waals surface area contributed by atoms with Crippen LogP contribution in [-0.4, -0.2) is 72.8 Å². The maximum atomic E-state index is 13.5. The highest BCUT2D eigenvalue weighted by Crippen LogP contribution is 2.37. The third kappa shape index (κ3) is 4.76. The molecule has 0 radical (unpaired) electrons. The van der Waals surface area contributed by atoms with Gasteiger partial charge < -0.3 is 28.6 Å².